The standard InChI is InChI=1S/C20H22F2N4O3/c21-15-1-2-16(17(22)12-15)20(28)24-6-4-19(27)25-13-14-3-5-23-18(11-14)26-7-9-29-10-8-26/h1-3,5,11-12H,4,6-10,13H2,(H,24,28)(H,25,27). The molecule has 0 spiro atoms. The summed E-state index contributed by atoms with van der Waals surface area (Å²) >= 11 is 0. The van der Waals surface area contributed by atoms with E-state index in [1.165, 1.54) is 0 Å². The van der Waals surface area contributed by atoms with Gasteiger partial charge >= 0.3 is 0 Å². The average Bonchev–Trinajstić information content (AvgIpc) is 2.73. The SMILES string of the molecule is O=C(CCNC(=O)c1ccc(F)cc1F)NCc1ccnc(N2CCOCC2)c1. The molecule has 2 amide bonds. The first-order chi connectivity index (χ1) is 14.0. The van der Waals surface area contributed by atoms with Crippen molar-refractivity contribution >= 4 is 17.6 Å². The van der Waals surface area contributed by atoms with Crippen LogP contribution in [0, 0.1) is 11.6 Å². The van der Waals surface area contributed by atoms with Gasteiger partial charge in [-0.1, -0.05) is 0 Å². The maximum atomic E-state index is 13.6. The Morgan fingerprint density at radius 3 is 2.66 bits per heavy atom. The van der Waals surface area contributed by atoms with Gasteiger partial charge in [-0.25, -0.2) is 13.8 Å². The predicted molar refractivity (Wildman–Crippen MR) is 102 cm³/mol. The maximum Gasteiger partial charge on any atom is 0.254 e. The smallest absolute Gasteiger partial charge is 0.254 e. The summed E-state index contributed by atoms with van der Waals surface area (Å²) in [6.45, 7) is 3.25. The van der Waals surface area contributed by atoms with Gasteiger partial charge in [-0.3, -0.25) is 9.59 Å². The molecule has 1 aromatic heterocycles. The maximum absolute atomic E-state index is 13.6. The van der Waals surface area contributed by atoms with Crippen LogP contribution in [-0.4, -0.2) is 49.6 Å². The number of morpholine rings is 1. The molecule has 0 aliphatic carbocycles. The summed E-state index contributed by atoms with van der Waals surface area (Å²) in [5, 5.41) is 5.23. The number of hydrogen-bond acceptors (Lipinski definition) is 5. The summed E-state index contributed by atoms with van der Waals surface area (Å²) < 4.78 is 31.8. The van der Waals surface area contributed by atoms with E-state index in [0.29, 0.717) is 25.8 Å². The van der Waals surface area contributed by atoms with Gasteiger partial charge in [0.05, 0.1) is 18.8 Å². The van der Waals surface area contributed by atoms with Gasteiger partial charge in [-0.15, -0.1) is 0 Å². The Kier molecular flexibility index (Phi) is 7.07. The summed E-state index contributed by atoms with van der Waals surface area (Å²) in [6.07, 6.45) is 1.74. The highest BCUT2D eigenvalue weighted by molar-refractivity contribution is 5.94. The third-order valence-electron chi connectivity index (χ3n) is 4.45. The van der Waals surface area contributed by atoms with Crippen LogP contribution in [0.15, 0.2) is 36.5 Å². The van der Waals surface area contributed by atoms with E-state index < -0.39 is 17.5 Å². The third kappa shape index (κ3) is 5.95. The van der Waals surface area contributed by atoms with Crippen molar-refractivity contribution in [1.29, 1.82) is 0 Å². The Morgan fingerprint density at radius 1 is 1.10 bits per heavy atom. The van der Waals surface area contributed by atoms with E-state index >= 15 is 0 Å². The first-order valence-corrected chi connectivity index (χ1v) is 9.30. The molecule has 0 radical (unpaired) electrons. The Labute approximate surface area is 167 Å². The average molecular weight is 404 g/mol. The van der Waals surface area contributed by atoms with Gasteiger partial charge < -0.3 is 20.3 Å². The van der Waals surface area contributed by atoms with E-state index in [1.54, 1.807) is 6.20 Å². The van der Waals surface area contributed by atoms with Gasteiger partial charge in [0, 0.05) is 44.9 Å². The van der Waals surface area contributed by atoms with Crippen LogP contribution < -0.4 is 15.5 Å². The number of pyridine rings is 1. The highest BCUT2D eigenvalue weighted by Crippen LogP contribution is 2.14. The summed E-state index contributed by atoms with van der Waals surface area (Å²) in [5.41, 5.74) is 0.645. The molecule has 2 aromatic rings. The van der Waals surface area contributed by atoms with E-state index in [2.05, 4.69) is 20.5 Å². The zero-order chi connectivity index (χ0) is 20.6. The number of nitrogens with zero attached hydrogens (tertiary/aromatic N) is 2. The molecule has 0 unspecified atom stereocenters. The Morgan fingerprint density at radius 2 is 1.90 bits per heavy atom. The molecule has 0 saturated carbocycles. The second-order valence-corrected chi connectivity index (χ2v) is 6.53. The largest absolute Gasteiger partial charge is 0.378 e. The number of carbonyl (C=O) groups is 2. The highest BCUT2D eigenvalue weighted by atomic mass is 19.1. The van der Waals surface area contributed by atoms with Gasteiger partial charge in [-0.2, -0.15) is 0 Å². The number of benzene rings is 1. The zero-order valence-corrected chi connectivity index (χ0v) is 15.8. The van der Waals surface area contributed by atoms with Crippen molar-refractivity contribution in [1.82, 2.24) is 15.6 Å². The first-order valence-electron chi connectivity index (χ1n) is 9.30. The number of hydrogen-bond donors (Lipinski definition) is 2. The molecule has 1 saturated heterocycles. The third-order valence-corrected chi connectivity index (χ3v) is 4.45. The number of carbonyl (C=O) groups excluding carboxylic acids is 2. The summed E-state index contributed by atoms with van der Waals surface area (Å²) in [6, 6.07) is 6.45. The van der Waals surface area contributed by atoms with Crippen LogP contribution in [0.5, 0.6) is 0 Å². The monoisotopic (exact) mass is 404 g/mol. The number of nitrogens with one attached hydrogen (secondary N) is 2. The van der Waals surface area contributed by atoms with Gasteiger partial charge in [0.2, 0.25) is 5.91 Å². The lowest BCUT2D eigenvalue weighted by Gasteiger charge is -2.28. The van der Waals surface area contributed by atoms with E-state index in [4.69, 9.17) is 4.74 Å². The topological polar surface area (TPSA) is 83.6 Å². The summed E-state index contributed by atoms with van der Waals surface area (Å²) in [7, 11) is 0. The number of rotatable bonds is 7. The minimum Gasteiger partial charge on any atom is -0.378 e. The van der Waals surface area contributed by atoms with Gasteiger partial charge in [-0.05, 0) is 29.8 Å². The highest BCUT2D eigenvalue weighted by Gasteiger charge is 2.14. The van der Waals surface area contributed by atoms with Crippen LogP contribution in [0.1, 0.15) is 22.3 Å². The molecule has 3 rings (SSSR count). The number of amides is 2. The van der Waals surface area contributed by atoms with Crippen molar-refractivity contribution in [2.75, 3.05) is 37.7 Å². The lowest BCUT2D eigenvalue weighted by Crippen LogP contribution is -2.36. The van der Waals surface area contributed by atoms with Crippen molar-refractivity contribution < 1.29 is 23.1 Å². The van der Waals surface area contributed by atoms with Crippen molar-refractivity contribution in [3.8, 4) is 0 Å². The molecular formula is C20H22F2N4O3. The Balaban J connectivity index is 1.42. The molecule has 1 aromatic carbocycles. The molecular weight excluding hydrogens is 382 g/mol. The number of anilines is 1. The quantitative estimate of drug-likeness (QED) is 0.733. The molecule has 1 fully saturated rings. The van der Waals surface area contributed by atoms with Crippen molar-refractivity contribution in [3.05, 3.63) is 59.3 Å². The second kappa shape index (κ2) is 9.92. The second-order valence-electron chi connectivity index (χ2n) is 6.53. The van der Waals surface area contributed by atoms with E-state index in [0.717, 1.165) is 36.6 Å². The normalized spacial score (nSPS) is 13.8. The molecule has 2 N–H and O–H groups in total. The molecule has 0 bridgehead atoms. The Hall–Kier alpha value is -3.07. The molecule has 29 heavy (non-hydrogen) atoms. The van der Waals surface area contributed by atoms with E-state index in [-0.39, 0.29) is 24.4 Å². The lowest BCUT2D eigenvalue weighted by atomic mass is 10.2. The Bertz CT molecular complexity index is 873. The van der Waals surface area contributed by atoms with Crippen molar-refractivity contribution in [2.45, 2.75) is 13.0 Å². The van der Waals surface area contributed by atoms with E-state index in [1.807, 2.05) is 12.1 Å². The molecule has 1 aliphatic rings. The molecule has 7 nitrogen and oxygen atoms in total. The summed E-state index contributed by atoms with van der Waals surface area (Å²) in [5.74, 6) is -1.81. The molecule has 1 aliphatic heterocycles. The van der Waals surface area contributed by atoms with Crippen LogP contribution >= 0.6 is 0 Å². The van der Waals surface area contributed by atoms with Gasteiger partial charge in [0.1, 0.15) is 17.5 Å². The van der Waals surface area contributed by atoms with Crippen LogP contribution in [0.4, 0.5) is 14.6 Å². The fourth-order valence-electron chi connectivity index (χ4n) is 2.88. The number of halogens is 2. The van der Waals surface area contributed by atoms with Crippen LogP contribution in [0.2, 0.25) is 0 Å². The van der Waals surface area contributed by atoms with Crippen molar-refractivity contribution in [3.63, 3.8) is 0 Å². The fourth-order valence-corrected chi connectivity index (χ4v) is 2.88. The van der Waals surface area contributed by atoms with Gasteiger partial charge in [0.15, 0.2) is 0 Å². The number of aromatic nitrogens is 1. The van der Waals surface area contributed by atoms with Gasteiger partial charge in [0.25, 0.3) is 5.91 Å². The molecule has 154 valence electrons. The lowest BCUT2D eigenvalue weighted by molar-refractivity contribution is -0.121. The summed E-state index contributed by atoms with van der Waals surface area (Å²) in [4.78, 5) is 30.4. The molecule has 0 atom stereocenters. The van der Waals surface area contributed by atoms with E-state index in [9.17, 15) is 18.4 Å². The van der Waals surface area contributed by atoms with Crippen LogP contribution in [0.25, 0.3) is 0 Å². The predicted octanol–water partition coefficient (Wildman–Crippen LogP) is 1.63. The molecule has 2 heterocycles. The fraction of sp³-hybridized carbons (Fsp3) is 0.350. The minimum atomic E-state index is -0.944. The zero-order valence-electron chi connectivity index (χ0n) is 15.8. The van der Waals surface area contributed by atoms with Crippen LogP contribution in [0.3, 0.4) is 0 Å². The van der Waals surface area contributed by atoms with Crippen LogP contribution in [-0.2, 0) is 16.1 Å². The number of ether oxygens (including phenoxy) is 1. The first kappa shape index (κ1) is 20.7. The van der Waals surface area contributed by atoms with Crippen molar-refractivity contribution in [2.24, 2.45) is 0 Å². The molecule has 9 heteroatoms. The minimum absolute atomic E-state index is 0.0377.